The highest BCUT2D eigenvalue weighted by molar-refractivity contribution is 7.71. The monoisotopic (exact) mass is 423 g/mol. The predicted molar refractivity (Wildman–Crippen MR) is 124 cm³/mol. The highest BCUT2D eigenvalue weighted by atomic mass is 32.1. The summed E-state index contributed by atoms with van der Waals surface area (Å²) >= 11 is 5.34. The van der Waals surface area contributed by atoms with Gasteiger partial charge >= 0.3 is 0 Å². The molecular weight excluding hydrogens is 394 g/mol. The normalized spacial score (nSPS) is 12.1. The Hall–Kier alpha value is -2.73. The Morgan fingerprint density at radius 2 is 1.90 bits per heavy atom. The predicted octanol–water partition coefficient (Wildman–Crippen LogP) is 5.11. The molecule has 1 atom stereocenters. The van der Waals surface area contributed by atoms with Crippen molar-refractivity contribution in [1.82, 2.24) is 14.9 Å². The number of unbranched alkanes of at least 4 members (excludes halogenated alkanes) is 2. The minimum absolute atomic E-state index is 0.00751. The SMILES string of the molecule is Cc1ccc(C)c(C(C)NC(=O)CCCCCn2c(=S)[nH]c3ccccc3c2=O)c1. The van der Waals surface area contributed by atoms with Crippen molar-refractivity contribution in [2.24, 2.45) is 0 Å². The van der Waals surface area contributed by atoms with Crippen LogP contribution in [0.4, 0.5) is 0 Å². The lowest BCUT2D eigenvalue weighted by atomic mass is 10.00. The second-order valence-corrected chi connectivity index (χ2v) is 8.28. The molecule has 3 aromatic rings. The van der Waals surface area contributed by atoms with Gasteiger partial charge in [0, 0.05) is 13.0 Å². The maximum atomic E-state index is 12.6. The Labute approximate surface area is 182 Å². The van der Waals surface area contributed by atoms with Crippen molar-refractivity contribution in [3.63, 3.8) is 0 Å². The van der Waals surface area contributed by atoms with Gasteiger partial charge in [0.25, 0.3) is 5.56 Å². The highest BCUT2D eigenvalue weighted by Gasteiger charge is 2.12. The number of nitrogens with one attached hydrogen (secondary N) is 2. The van der Waals surface area contributed by atoms with Crippen LogP contribution in [0, 0.1) is 18.6 Å². The largest absolute Gasteiger partial charge is 0.350 e. The molecule has 2 N–H and O–H groups in total. The van der Waals surface area contributed by atoms with E-state index in [1.807, 2.05) is 25.1 Å². The number of amides is 1. The van der Waals surface area contributed by atoms with E-state index < -0.39 is 0 Å². The van der Waals surface area contributed by atoms with Crippen molar-refractivity contribution >= 4 is 29.0 Å². The summed E-state index contributed by atoms with van der Waals surface area (Å²) in [6.45, 7) is 6.70. The van der Waals surface area contributed by atoms with Crippen molar-refractivity contribution < 1.29 is 4.79 Å². The van der Waals surface area contributed by atoms with Gasteiger partial charge in [0.1, 0.15) is 0 Å². The van der Waals surface area contributed by atoms with Gasteiger partial charge in [0.15, 0.2) is 4.77 Å². The fourth-order valence-corrected chi connectivity index (χ4v) is 4.04. The number of fused-ring (bicyclic) bond motifs is 1. The number of benzene rings is 2. The molecule has 158 valence electrons. The molecule has 0 aliphatic carbocycles. The van der Waals surface area contributed by atoms with Crippen molar-refractivity contribution in [1.29, 1.82) is 0 Å². The number of aromatic nitrogens is 2. The van der Waals surface area contributed by atoms with E-state index in [2.05, 4.69) is 42.3 Å². The van der Waals surface area contributed by atoms with E-state index in [1.54, 1.807) is 10.6 Å². The minimum Gasteiger partial charge on any atom is -0.350 e. The molecular formula is C24H29N3O2S. The molecule has 0 aliphatic rings. The quantitative estimate of drug-likeness (QED) is 0.391. The van der Waals surface area contributed by atoms with Gasteiger partial charge in [0.2, 0.25) is 5.91 Å². The van der Waals surface area contributed by atoms with Gasteiger partial charge in [-0.1, -0.05) is 42.3 Å². The molecule has 2 aromatic carbocycles. The summed E-state index contributed by atoms with van der Waals surface area (Å²) in [6, 6.07) is 13.7. The lowest BCUT2D eigenvalue weighted by Gasteiger charge is -2.17. The lowest BCUT2D eigenvalue weighted by molar-refractivity contribution is -0.121. The first-order valence-electron chi connectivity index (χ1n) is 10.4. The van der Waals surface area contributed by atoms with Crippen molar-refractivity contribution in [3.8, 4) is 0 Å². The first-order valence-corrected chi connectivity index (χ1v) is 10.9. The number of hydrogen-bond donors (Lipinski definition) is 2. The van der Waals surface area contributed by atoms with Crippen LogP contribution in [0.25, 0.3) is 10.9 Å². The maximum absolute atomic E-state index is 12.6. The van der Waals surface area contributed by atoms with Crippen LogP contribution in [0.5, 0.6) is 0 Å². The number of hydrogen-bond acceptors (Lipinski definition) is 3. The Morgan fingerprint density at radius 1 is 1.13 bits per heavy atom. The molecule has 30 heavy (non-hydrogen) atoms. The number of nitrogens with zero attached hydrogens (tertiary/aromatic N) is 1. The molecule has 0 aliphatic heterocycles. The average Bonchev–Trinajstić information content (AvgIpc) is 2.71. The van der Waals surface area contributed by atoms with Crippen LogP contribution in [0.3, 0.4) is 0 Å². The molecule has 0 radical (unpaired) electrons. The van der Waals surface area contributed by atoms with E-state index in [1.165, 1.54) is 11.1 Å². The van der Waals surface area contributed by atoms with Gasteiger partial charge in [-0.3, -0.25) is 14.2 Å². The molecule has 0 saturated heterocycles. The number of para-hydroxylation sites is 1. The van der Waals surface area contributed by atoms with Gasteiger partial charge in [-0.25, -0.2) is 0 Å². The molecule has 1 amide bonds. The summed E-state index contributed by atoms with van der Waals surface area (Å²) in [7, 11) is 0. The first kappa shape index (κ1) is 22.0. The standard InChI is InChI=1S/C24H29N3O2S/c1-16-12-13-17(2)20(15-16)18(3)25-22(28)11-5-4-8-14-27-23(29)19-9-6-7-10-21(19)26-24(27)30/h6-7,9-10,12-13,15,18H,4-5,8,11,14H2,1-3H3,(H,25,28)(H,26,30). The van der Waals surface area contributed by atoms with E-state index in [0.29, 0.717) is 23.1 Å². The zero-order valence-corrected chi connectivity index (χ0v) is 18.6. The van der Waals surface area contributed by atoms with Gasteiger partial charge in [-0.05, 0) is 69.1 Å². The summed E-state index contributed by atoms with van der Waals surface area (Å²) < 4.78 is 2.05. The van der Waals surface area contributed by atoms with E-state index in [9.17, 15) is 9.59 Å². The smallest absolute Gasteiger partial charge is 0.262 e. The van der Waals surface area contributed by atoms with Gasteiger partial charge in [-0.15, -0.1) is 0 Å². The Kier molecular flexibility index (Phi) is 7.21. The molecule has 1 unspecified atom stereocenters. The third kappa shape index (κ3) is 5.25. The summed E-state index contributed by atoms with van der Waals surface area (Å²) in [5.41, 5.74) is 4.24. The third-order valence-corrected chi connectivity index (χ3v) is 5.78. The zero-order valence-electron chi connectivity index (χ0n) is 17.8. The summed E-state index contributed by atoms with van der Waals surface area (Å²) in [5, 5.41) is 3.74. The van der Waals surface area contributed by atoms with Crippen LogP contribution in [0.15, 0.2) is 47.3 Å². The fraction of sp³-hybridized carbons (Fsp3) is 0.375. The second-order valence-electron chi connectivity index (χ2n) is 7.89. The van der Waals surface area contributed by atoms with Crippen LogP contribution >= 0.6 is 12.2 Å². The van der Waals surface area contributed by atoms with Gasteiger partial charge in [0.05, 0.1) is 16.9 Å². The molecule has 0 spiro atoms. The summed E-state index contributed by atoms with van der Waals surface area (Å²) in [6.07, 6.45) is 2.92. The molecule has 3 rings (SSSR count). The number of rotatable bonds is 8. The van der Waals surface area contributed by atoms with E-state index in [0.717, 1.165) is 30.3 Å². The minimum atomic E-state index is -0.0607. The molecule has 0 saturated carbocycles. The molecule has 1 aromatic heterocycles. The lowest BCUT2D eigenvalue weighted by Crippen LogP contribution is -2.27. The molecule has 0 bridgehead atoms. The van der Waals surface area contributed by atoms with Crippen LogP contribution in [0.2, 0.25) is 0 Å². The average molecular weight is 424 g/mol. The molecule has 0 fully saturated rings. The third-order valence-electron chi connectivity index (χ3n) is 5.45. The highest BCUT2D eigenvalue weighted by Crippen LogP contribution is 2.19. The summed E-state index contributed by atoms with van der Waals surface area (Å²) in [4.78, 5) is 28.1. The van der Waals surface area contributed by atoms with Crippen molar-refractivity contribution in [3.05, 3.63) is 74.3 Å². The van der Waals surface area contributed by atoms with E-state index >= 15 is 0 Å². The number of H-pyrrole nitrogens is 1. The number of carbonyl (C=O) groups excluding carboxylic acids is 1. The van der Waals surface area contributed by atoms with Crippen LogP contribution in [-0.2, 0) is 11.3 Å². The number of carbonyl (C=O) groups is 1. The Morgan fingerprint density at radius 3 is 2.70 bits per heavy atom. The number of aryl methyl sites for hydroxylation is 2. The topological polar surface area (TPSA) is 66.9 Å². The van der Waals surface area contributed by atoms with Crippen LogP contribution in [0.1, 0.15) is 55.3 Å². The zero-order chi connectivity index (χ0) is 21.7. The summed E-state index contributed by atoms with van der Waals surface area (Å²) in [5.74, 6) is 0.0589. The Bertz CT molecular complexity index is 1160. The Balaban J connectivity index is 1.48. The van der Waals surface area contributed by atoms with E-state index in [-0.39, 0.29) is 17.5 Å². The molecule has 5 nitrogen and oxygen atoms in total. The molecule has 1 heterocycles. The molecule has 6 heteroatoms. The van der Waals surface area contributed by atoms with Crippen molar-refractivity contribution in [2.45, 2.75) is 59.0 Å². The number of aromatic amines is 1. The van der Waals surface area contributed by atoms with Crippen LogP contribution in [-0.4, -0.2) is 15.5 Å². The first-order chi connectivity index (χ1) is 14.4. The van der Waals surface area contributed by atoms with Crippen molar-refractivity contribution in [2.75, 3.05) is 0 Å². The van der Waals surface area contributed by atoms with Crippen LogP contribution < -0.4 is 10.9 Å². The fourth-order valence-electron chi connectivity index (χ4n) is 3.75. The maximum Gasteiger partial charge on any atom is 0.262 e. The van der Waals surface area contributed by atoms with E-state index in [4.69, 9.17) is 12.2 Å². The van der Waals surface area contributed by atoms with Gasteiger partial charge in [-0.2, -0.15) is 0 Å². The van der Waals surface area contributed by atoms with Gasteiger partial charge < -0.3 is 10.3 Å². The second kappa shape index (κ2) is 9.85.